The van der Waals surface area contributed by atoms with Gasteiger partial charge in [-0.2, -0.15) is 0 Å². The molecule has 1 saturated carbocycles. The van der Waals surface area contributed by atoms with Crippen LogP contribution in [0.25, 0.3) is 0 Å². The minimum absolute atomic E-state index is 0.0668. The zero-order chi connectivity index (χ0) is 15.1. The van der Waals surface area contributed by atoms with Gasteiger partial charge in [0, 0.05) is 7.11 Å². The molecule has 3 nitrogen and oxygen atoms in total. The first-order valence-electron chi connectivity index (χ1n) is 8.12. The van der Waals surface area contributed by atoms with Crippen LogP contribution in [0.2, 0.25) is 0 Å². The highest BCUT2D eigenvalue weighted by Gasteiger charge is 2.43. The monoisotopic (exact) mass is 282 g/mol. The molecule has 0 aromatic carbocycles. The van der Waals surface area contributed by atoms with Crippen LogP contribution in [0, 0.1) is 5.41 Å². The number of hydrogen-bond donors (Lipinski definition) is 2. The maximum absolute atomic E-state index is 5.94. The van der Waals surface area contributed by atoms with Crippen molar-refractivity contribution in [2.24, 2.45) is 11.3 Å². The van der Waals surface area contributed by atoms with Crippen molar-refractivity contribution >= 4 is 0 Å². The quantitative estimate of drug-likeness (QED) is 0.291. The van der Waals surface area contributed by atoms with Crippen molar-refractivity contribution in [1.82, 2.24) is 5.43 Å². The predicted octanol–water partition coefficient (Wildman–Crippen LogP) is 3.94. The summed E-state index contributed by atoms with van der Waals surface area (Å²) in [7, 11) is 1.85. The van der Waals surface area contributed by atoms with Gasteiger partial charge in [-0.05, 0) is 50.4 Å². The van der Waals surface area contributed by atoms with Crippen LogP contribution in [-0.4, -0.2) is 18.8 Å². The number of nitrogens with one attached hydrogen (secondary N) is 1. The third kappa shape index (κ3) is 4.87. The fourth-order valence-corrected chi connectivity index (χ4v) is 3.36. The third-order valence-electron chi connectivity index (χ3n) is 5.09. The van der Waals surface area contributed by atoms with Crippen LogP contribution in [0.3, 0.4) is 0 Å². The van der Waals surface area contributed by atoms with E-state index in [9.17, 15) is 0 Å². The highest BCUT2D eigenvalue weighted by Crippen LogP contribution is 2.44. The first kappa shape index (κ1) is 17.7. The predicted molar refractivity (Wildman–Crippen MR) is 86.4 cm³/mol. The van der Waals surface area contributed by atoms with Gasteiger partial charge in [-0.15, -0.1) is 6.58 Å². The SMILES string of the molecule is C=CCCCCCC(NN)C1(OC)CCC(C)(C)CC1. The van der Waals surface area contributed by atoms with E-state index in [0.717, 1.165) is 25.7 Å². The molecule has 0 radical (unpaired) electrons. The Balaban J connectivity index is 2.50. The van der Waals surface area contributed by atoms with Gasteiger partial charge < -0.3 is 4.74 Å². The van der Waals surface area contributed by atoms with E-state index >= 15 is 0 Å². The Labute approximate surface area is 125 Å². The Hall–Kier alpha value is -0.380. The zero-order valence-electron chi connectivity index (χ0n) is 13.7. The van der Waals surface area contributed by atoms with Gasteiger partial charge in [-0.3, -0.25) is 11.3 Å². The van der Waals surface area contributed by atoms with Crippen molar-refractivity contribution in [2.45, 2.75) is 83.3 Å². The van der Waals surface area contributed by atoms with Gasteiger partial charge in [0.1, 0.15) is 0 Å². The molecule has 0 bridgehead atoms. The van der Waals surface area contributed by atoms with Crippen LogP contribution in [-0.2, 0) is 4.74 Å². The number of ether oxygens (including phenoxy) is 1. The minimum Gasteiger partial charge on any atom is -0.377 e. The molecule has 1 aliphatic rings. The molecule has 0 saturated heterocycles. The smallest absolute Gasteiger partial charge is 0.0844 e. The maximum atomic E-state index is 5.94. The molecule has 3 N–H and O–H groups in total. The number of unbranched alkanes of at least 4 members (excludes halogenated alkanes) is 3. The van der Waals surface area contributed by atoms with Gasteiger partial charge in [0.05, 0.1) is 11.6 Å². The largest absolute Gasteiger partial charge is 0.377 e. The van der Waals surface area contributed by atoms with Crippen molar-refractivity contribution in [3.8, 4) is 0 Å². The number of nitrogens with two attached hydrogens (primary N) is 1. The minimum atomic E-state index is -0.0668. The molecule has 3 heteroatoms. The average Bonchev–Trinajstić information content (AvgIpc) is 2.44. The van der Waals surface area contributed by atoms with Gasteiger partial charge in [-0.1, -0.05) is 32.8 Å². The summed E-state index contributed by atoms with van der Waals surface area (Å²) >= 11 is 0. The van der Waals surface area contributed by atoms with Crippen LogP contribution in [0.15, 0.2) is 12.7 Å². The molecule has 0 heterocycles. The summed E-state index contributed by atoms with van der Waals surface area (Å²) in [6, 6.07) is 0.271. The highest BCUT2D eigenvalue weighted by atomic mass is 16.5. The van der Waals surface area contributed by atoms with Gasteiger partial charge in [-0.25, -0.2) is 0 Å². The molecule has 0 amide bonds. The van der Waals surface area contributed by atoms with E-state index < -0.39 is 0 Å². The lowest BCUT2D eigenvalue weighted by Crippen LogP contribution is -2.56. The Bertz CT molecular complexity index is 279. The second-order valence-electron chi connectivity index (χ2n) is 7.08. The fraction of sp³-hybridized carbons (Fsp3) is 0.882. The van der Waals surface area contributed by atoms with Crippen LogP contribution in [0.1, 0.15) is 71.6 Å². The molecule has 1 fully saturated rings. The molecule has 1 atom stereocenters. The summed E-state index contributed by atoms with van der Waals surface area (Å²) in [5.41, 5.74) is 3.42. The number of hydrogen-bond acceptors (Lipinski definition) is 3. The van der Waals surface area contributed by atoms with Crippen LogP contribution in [0.5, 0.6) is 0 Å². The molecule has 1 aliphatic carbocycles. The van der Waals surface area contributed by atoms with Crippen molar-refractivity contribution < 1.29 is 4.74 Å². The molecular weight excluding hydrogens is 248 g/mol. The fourth-order valence-electron chi connectivity index (χ4n) is 3.36. The van der Waals surface area contributed by atoms with Gasteiger partial charge >= 0.3 is 0 Å². The highest BCUT2D eigenvalue weighted by molar-refractivity contribution is 4.98. The van der Waals surface area contributed by atoms with E-state index in [4.69, 9.17) is 10.6 Å². The summed E-state index contributed by atoms with van der Waals surface area (Å²) in [5.74, 6) is 5.83. The first-order chi connectivity index (χ1) is 9.49. The van der Waals surface area contributed by atoms with Crippen molar-refractivity contribution in [3.05, 3.63) is 12.7 Å². The van der Waals surface area contributed by atoms with Gasteiger partial charge in [0.25, 0.3) is 0 Å². The summed E-state index contributed by atoms with van der Waals surface area (Å²) in [6.07, 6.45) is 12.5. The van der Waals surface area contributed by atoms with Crippen molar-refractivity contribution in [3.63, 3.8) is 0 Å². The van der Waals surface area contributed by atoms with E-state index in [1.165, 1.54) is 32.1 Å². The number of rotatable bonds is 9. The van der Waals surface area contributed by atoms with Gasteiger partial charge in [0.2, 0.25) is 0 Å². The topological polar surface area (TPSA) is 47.3 Å². The molecular formula is C17H34N2O. The number of hydrazine groups is 1. The molecule has 0 spiro atoms. The lowest BCUT2D eigenvalue weighted by atomic mass is 9.68. The normalized spacial score (nSPS) is 22.4. The molecule has 20 heavy (non-hydrogen) atoms. The molecule has 118 valence electrons. The molecule has 0 aromatic heterocycles. The van der Waals surface area contributed by atoms with Gasteiger partial charge in [0.15, 0.2) is 0 Å². The van der Waals surface area contributed by atoms with E-state index in [2.05, 4.69) is 25.9 Å². The van der Waals surface area contributed by atoms with Crippen LogP contribution >= 0.6 is 0 Å². The summed E-state index contributed by atoms with van der Waals surface area (Å²) in [4.78, 5) is 0. The Morgan fingerprint density at radius 1 is 1.20 bits per heavy atom. The third-order valence-corrected chi connectivity index (χ3v) is 5.09. The Morgan fingerprint density at radius 2 is 1.85 bits per heavy atom. The first-order valence-corrected chi connectivity index (χ1v) is 8.12. The maximum Gasteiger partial charge on any atom is 0.0844 e. The van der Waals surface area contributed by atoms with Crippen LogP contribution < -0.4 is 11.3 Å². The zero-order valence-corrected chi connectivity index (χ0v) is 13.7. The van der Waals surface area contributed by atoms with E-state index in [-0.39, 0.29) is 11.6 Å². The lowest BCUT2D eigenvalue weighted by molar-refractivity contribution is -0.0883. The van der Waals surface area contributed by atoms with E-state index in [1.807, 2.05) is 13.2 Å². The second kappa shape index (κ2) is 8.16. The number of methoxy groups -OCH3 is 1. The standard InChI is InChI=1S/C17H34N2O/c1-5-6-7-8-9-10-15(19-18)17(20-4)13-11-16(2,3)12-14-17/h5,15,19H,1,6-14,18H2,2-4H3. The second-order valence-corrected chi connectivity index (χ2v) is 7.08. The van der Waals surface area contributed by atoms with E-state index in [1.54, 1.807) is 0 Å². The number of allylic oxidation sites excluding steroid dienone is 1. The Morgan fingerprint density at radius 3 is 2.35 bits per heavy atom. The molecule has 0 aromatic rings. The van der Waals surface area contributed by atoms with Crippen LogP contribution in [0.4, 0.5) is 0 Å². The lowest BCUT2D eigenvalue weighted by Gasteiger charge is -2.47. The van der Waals surface area contributed by atoms with E-state index in [0.29, 0.717) is 5.41 Å². The molecule has 1 rings (SSSR count). The molecule has 0 aliphatic heterocycles. The summed E-state index contributed by atoms with van der Waals surface area (Å²) < 4.78 is 5.94. The average molecular weight is 282 g/mol. The molecule has 1 unspecified atom stereocenters. The van der Waals surface area contributed by atoms with Crippen molar-refractivity contribution in [1.29, 1.82) is 0 Å². The summed E-state index contributed by atoms with van der Waals surface area (Å²) in [5, 5.41) is 0. The van der Waals surface area contributed by atoms with Crippen molar-refractivity contribution in [2.75, 3.05) is 7.11 Å². The summed E-state index contributed by atoms with van der Waals surface area (Å²) in [6.45, 7) is 8.48. The Kier molecular flexibility index (Phi) is 7.21.